The van der Waals surface area contributed by atoms with Gasteiger partial charge in [0, 0.05) is 77.3 Å². The number of fused-ring (bicyclic) bond motifs is 2. The van der Waals surface area contributed by atoms with Crippen molar-refractivity contribution in [1.82, 2.24) is 25.3 Å². The van der Waals surface area contributed by atoms with E-state index in [1.54, 1.807) is 0 Å². The molecule has 5 unspecified atom stereocenters. The van der Waals surface area contributed by atoms with E-state index in [1.807, 2.05) is 9.80 Å². The van der Waals surface area contributed by atoms with E-state index in [9.17, 15) is 20.1 Å². The number of piperidine rings is 2. The number of carbonyl (C=O) groups is 1. The molecular formula is C30H53ClFN5O6. The molecule has 43 heavy (non-hydrogen) atoms. The van der Waals surface area contributed by atoms with Crippen molar-refractivity contribution in [2.75, 3.05) is 59.0 Å². The summed E-state index contributed by atoms with van der Waals surface area (Å²) < 4.78 is 21.2. The molecule has 0 spiro atoms. The number of rotatable bonds is 13. The van der Waals surface area contributed by atoms with Crippen LogP contribution in [0.3, 0.4) is 0 Å². The van der Waals surface area contributed by atoms with Crippen molar-refractivity contribution < 1.29 is 34.3 Å². The number of nitrogens with zero attached hydrogens (tertiary/aromatic N) is 3. The molecule has 1 saturated carbocycles. The number of hydrogen-bond donors (Lipinski definition) is 6. The summed E-state index contributed by atoms with van der Waals surface area (Å²) in [5, 5.41) is 45.8. The summed E-state index contributed by atoms with van der Waals surface area (Å²) in [4.78, 5) is 19.5. The molecule has 1 aliphatic carbocycles. The Kier molecular flexibility index (Phi) is 12.3. The lowest BCUT2D eigenvalue weighted by Crippen LogP contribution is -2.71. The molecule has 11 nitrogen and oxygen atoms in total. The number of aliphatic hydroxyl groups is 4. The maximum absolute atomic E-state index is 15.2. The highest BCUT2D eigenvalue weighted by Crippen LogP contribution is 2.37. The predicted octanol–water partition coefficient (Wildman–Crippen LogP) is -0.164. The molecule has 4 heterocycles. The number of alkyl halides is 2. The zero-order valence-corrected chi connectivity index (χ0v) is 26.0. The van der Waals surface area contributed by atoms with Crippen LogP contribution in [-0.2, 0) is 9.53 Å². The Morgan fingerprint density at radius 3 is 2.35 bits per heavy atom. The highest BCUT2D eigenvalue weighted by molar-refractivity contribution is 6.21. The van der Waals surface area contributed by atoms with Crippen LogP contribution in [0.15, 0.2) is 0 Å². The minimum Gasteiger partial charge on any atom is -0.394 e. The van der Waals surface area contributed by atoms with Crippen molar-refractivity contribution in [1.29, 1.82) is 0 Å². The van der Waals surface area contributed by atoms with Crippen LogP contribution in [0, 0.1) is 11.8 Å². The number of hydrogen-bond acceptors (Lipinski definition) is 10. The third-order valence-corrected chi connectivity index (χ3v) is 10.8. The number of aliphatic hydroxyl groups excluding tert-OH is 4. The third-order valence-electron chi connectivity index (χ3n) is 10.5. The smallest absolute Gasteiger partial charge is 0.223 e. The maximum atomic E-state index is 15.2. The first-order valence-electron chi connectivity index (χ1n) is 16.5. The molecule has 5 rings (SSSR count). The van der Waals surface area contributed by atoms with Crippen molar-refractivity contribution in [2.45, 2.75) is 112 Å². The Morgan fingerprint density at radius 1 is 1.00 bits per heavy atom. The van der Waals surface area contributed by atoms with Crippen molar-refractivity contribution in [2.24, 2.45) is 11.8 Å². The Morgan fingerprint density at radius 2 is 1.70 bits per heavy atom. The second kappa shape index (κ2) is 15.8. The fraction of sp³-hybridized carbons (Fsp3) is 0.967. The molecule has 13 heteroatoms. The van der Waals surface area contributed by atoms with E-state index in [4.69, 9.17) is 21.4 Å². The Bertz CT molecular complexity index is 870. The van der Waals surface area contributed by atoms with Gasteiger partial charge in [-0.1, -0.05) is 0 Å². The molecule has 5 fully saturated rings. The number of nitrogens with one attached hydrogen (secondary N) is 2. The van der Waals surface area contributed by atoms with Crippen molar-refractivity contribution in [3.05, 3.63) is 0 Å². The first kappa shape index (κ1) is 33.7. The minimum absolute atomic E-state index is 0.00791. The van der Waals surface area contributed by atoms with Gasteiger partial charge >= 0.3 is 0 Å². The number of β-amino-alcohol motifs (C(OH)–C–C–N with tert-alkyl or cyclic N) is 1. The van der Waals surface area contributed by atoms with Gasteiger partial charge < -0.3 is 30.1 Å². The van der Waals surface area contributed by atoms with Crippen molar-refractivity contribution in [3.8, 4) is 0 Å². The van der Waals surface area contributed by atoms with Gasteiger partial charge in [0.2, 0.25) is 5.91 Å². The summed E-state index contributed by atoms with van der Waals surface area (Å²) in [6.45, 7) is 5.20. The van der Waals surface area contributed by atoms with Gasteiger partial charge in [-0.25, -0.2) is 4.39 Å². The Hall–Kier alpha value is -0.670. The van der Waals surface area contributed by atoms with Gasteiger partial charge in [-0.2, -0.15) is 0 Å². The highest BCUT2D eigenvalue weighted by atomic mass is 35.5. The van der Waals surface area contributed by atoms with E-state index in [-0.39, 0.29) is 54.6 Å². The zero-order chi connectivity index (χ0) is 30.5. The Balaban J connectivity index is 0.934. The number of amides is 1. The summed E-state index contributed by atoms with van der Waals surface area (Å²) in [5.41, 5.74) is 0. The van der Waals surface area contributed by atoms with Gasteiger partial charge in [-0.3, -0.25) is 25.2 Å². The summed E-state index contributed by atoms with van der Waals surface area (Å²) in [6.07, 6.45) is 2.58. The minimum atomic E-state index is -1.42. The second-order valence-corrected chi connectivity index (χ2v) is 14.2. The summed E-state index contributed by atoms with van der Waals surface area (Å²) in [6, 6.07) is 0.0603. The lowest BCUT2D eigenvalue weighted by Gasteiger charge is -2.57. The first-order valence-corrected chi connectivity index (χ1v) is 16.9. The van der Waals surface area contributed by atoms with E-state index in [0.29, 0.717) is 38.5 Å². The molecule has 0 radical (unpaired) electrons. The zero-order valence-electron chi connectivity index (χ0n) is 25.3. The number of likely N-dealkylation sites (tertiary alicyclic amines) is 3. The van der Waals surface area contributed by atoms with Crippen LogP contribution in [0.1, 0.15) is 57.8 Å². The summed E-state index contributed by atoms with van der Waals surface area (Å²) in [5.74, 6) is 0.452. The van der Waals surface area contributed by atoms with Gasteiger partial charge in [-0.05, 0) is 56.8 Å². The summed E-state index contributed by atoms with van der Waals surface area (Å²) in [7, 11) is 0. The van der Waals surface area contributed by atoms with Gasteiger partial charge in [0.05, 0.1) is 24.2 Å². The van der Waals surface area contributed by atoms with Crippen LogP contribution in [0.25, 0.3) is 0 Å². The number of carbonyl (C=O) groups excluding carboxylic acids is 1. The van der Waals surface area contributed by atoms with Crippen LogP contribution in [0.2, 0.25) is 0 Å². The molecule has 4 aliphatic heterocycles. The molecule has 2 bridgehead atoms. The Labute approximate surface area is 260 Å². The van der Waals surface area contributed by atoms with E-state index in [1.165, 1.54) is 12.8 Å². The molecule has 5 aliphatic rings. The van der Waals surface area contributed by atoms with E-state index >= 15 is 4.39 Å². The highest BCUT2D eigenvalue weighted by Gasteiger charge is 2.48. The van der Waals surface area contributed by atoms with E-state index in [2.05, 4.69) is 15.5 Å². The first-order chi connectivity index (χ1) is 20.7. The molecule has 0 aromatic heterocycles. The van der Waals surface area contributed by atoms with E-state index < -0.39 is 31.1 Å². The molecule has 248 valence electrons. The standard InChI is InChI=1S/C30H53ClFN5O6/c31-21-13-33-30(34-14-21)36-7-5-19(6-8-36)2-1-9-43-24-4-3-20(25(32)12-24)10-28(41)37-22-11-23(37)16-35(15-22)17-26(39)29(42)27(40)18-38/h19-27,29-30,33-34,38-40,42H,1-18H2/t20?,21?,22?,23?,24?,25?,26-,27+,29-,30?/m0/s1. The molecule has 0 aromatic carbocycles. The van der Waals surface area contributed by atoms with Crippen LogP contribution in [0.4, 0.5) is 4.39 Å². The van der Waals surface area contributed by atoms with Gasteiger partial charge in [0.1, 0.15) is 24.7 Å². The van der Waals surface area contributed by atoms with Crippen LogP contribution >= 0.6 is 11.6 Å². The topological polar surface area (TPSA) is 141 Å². The number of piperazine rings is 1. The van der Waals surface area contributed by atoms with Crippen LogP contribution < -0.4 is 10.6 Å². The molecule has 6 N–H and O–H groups in total. The van der Waals surface area contributed by atoms with Crippen LogP contribution in [-0.4, -0.2) is 154 Å². The maximum Gasteiger partial charge on any atom is 0.223 e. The second-order valence-electron chi connectivity index (χ2n) is 13.6. The third kappa shape index (κ3) is 8.78. The molecule has 4 saturated heterocycles. The normalized spacial score (nSPS) is 36.6. The molecule has 1 amide bonds. The van der Waals surface area contributed by atoms with Crippen molar-refractivity contribution in [3.63, 3.8) is 0 Å². The monoisotopic (exact) mass is 633 g/mol. The van der Waals surface area contributed by atoms with Gasteiger partial charge in [-0.15, -0.1) is 11.6 Å². The molecule has 0 aromatic rings. The largest absolute Gasteiger partial charge is 0.394 e. The SMILES string of the molecule is O=C(CC1CCC(OCCCC2CCN(C3NCC(Cl)CN3)CC2)CC1F)N1C2CC1CN(C[C@H](O)[C@H](O)[C@H](O)CO)C2. The lowest BCUT2D eigenvalue weighted by atomic mass is 9.81. The quantitative estimate of drug-likeness (QED) is 0.120. The van der Waals surface area contributed by atoms with Crippen molar-refractivity contribution >= 4 is 17.5 Å². The van der Waals surface area contributed by atoms with E-state index in [0.717, 1.165) is 51.9 Å². The van der Waals surface area contributed by atoms with Gasteiger partial charge in [0.25, 0.3) is 0 Å². The summed E-state index contributed by atoms with van der Waals surface area (Å²) >= 11 is 6.16. The number of halogens is 2. The molecule has 8 atom stereocenters. The fourth-order valence-electron chi connectivity index (χ4n) is 7.85. The van der Waals surface area contributed by atoms with Crippen LogP contribution in [0.5, 0.6) is 0 Å². The fourth-order valence-corrected chi connectivity index (χ4v) is 8.03. The average Bonchev–Trinajstić information content (AvgIpc) is 3.00. The average molecular weight is 634 g/mol. The lowest BCUT2D eigenvalue weighted by molar-refractivity contribution is -0.158. The molecular weight excluding hydrogens is 581 g/mol. The number of ether oxygens (including phenoxy) is 1. The predicted molar refractivity (Wildman–Crippen MR) is 160 cm³/mol. The van der Waals surface area contributed by atoms with Gasteiger partial charge in [0.15, 0.2) is 0 Å².